The summed E-state index contributed by atoms with van der Waals surface area (Å²) in [6.45, 7) is 0.167. The third-order valence-corrected chi connectivity index (χ3v) is 4.61. The van der Waals surface area contributed by atoms with Gasteiger partial charge in [-0.15, -0.1) is 11.3 Å². The fraction of sp³-hybridized carbons (Fsp3) is 0.111. The normalized spacial score (nSPS) is 10.5. The molecule has 3 rings (SSSR count). The Hall–Kier alpha value is -3.73. The van der Waals surface area contributed by atoms with Gasteiger partial charge in [-0.1, -0.05) is 0 Å². The molecule has 0 aliphatic rings. The predicted octanol–water partition coefficient (Wildman–Crippen LogP) is 1.12. The number of carbonyl (C=O) groups excluding carboxylic acids is 3. The Morgan fingerprint density at radius 3 is 2.52 bits per heavy atom. The smallest absolute Gasteiger partial charge is 0.267 e. The molecule has 0 aliphatic heterocycles. The Balaban J connectivity index is 1.51. The molecule has 0 aliphatic carbocycles. The maximum absolute atomic E-state index is 13.8. The highest BCUT2D eigenvalue weighted by molar-refractivity contribution is 7.13. The largest absolute Gasteiger partial charge is 0.375 e. The van der Waals surface area contributed by atoms with Crippen molar-refractivity contribution in [3.05, 3.63) is 58.5 Å². The van der Waals surface area contributed by atoms with E-state index in [4.69, 9.17) is 11.5 Å². The highest BCUT2D eigenvalue weighted by Gasteiger charge is 2.15. The van der Waals surface area contributed by atoms with Gasteiger partial charge in [0.15, 0.2) is 5.13 Å². The van der Waals surface area contributed by atoms with Crippen molar-refractivity contribution in [2.24, 2.45) is 5.73 Å². The van der Waals surface area contributed by atoms with Gasteiger partial charge in [-0.2, -0.15) is 0 Å². The van der Waals surface area contributed by atoms with Crippen LogP contribution in [0.4, 0.5) is 9.52 Å². The second kappa shape index (κ2) is 8.52. The van der Waals surface area contributed by atoms with Crippen LogP contribution >= 0.6 is 11.3 Å². The number of H-pyrrole nitrogens is 1. The van der Waals surface area contributed by atoms with Gasteiger partial charge in [0.2, 0.25) is 5.91 Å². The SMILES string of the molecule is NC(=O)c1ccc(F)c(C(=O)NCCNC(=O)c2cc(-c3csc(N)n3)c[nH]2)c1. The van der Waals surface area contributed by atoms with E-state index in [0.717, 1.165) is 17.7 Å². The van der Waals surface area contributed by atoms with E-state index in [1.807, 2.05) is 0 Å². The average molecular weight is 416 g/mol. The van der Waals surface area contributed by atoms with Crippen molar-refractivity contribution < 1.29 is 18.8 Å². The number of thiazole rings is 1. The molecule has 0 bridgehead atoms. The van der Waals surface area contributed by atoms with Crippen LogP contribution in [0, 0.1) is 5.82 Å². The van der Waals surface area contributed by atoms with Crippen LogP contribution in [-0.2, 0) is 0 Å². The summed E-state index contributed by atoms with van der Waals surface area (Å²) in [5.74, 6) is -2.64. The number of hydrogen-bond donors (Lipinski definition) is 5. The number of benzene rings is 1. The molecule has 11 heteroatoms. The number of nitrogens with two attached hydrogens (primary N) is 2. The van der Waals surface area contributed by atoms with Crippen LogP contribution < -0.4 is 22.1 Å². The number of nitrogen functional groups attached to an aromatic ring is 1. The Morgan fingerprint density at radius 2 is 1.86 bits per heavy atom. The summed E-state index contributed by atoms with van der Waals surface area (Å²) in [5.41, 5.74) is 12.2. The zero-order chi connectivity index (χ0) is 21.0. The molecule has 29 heavy (non-hydrogen) atoms. The number of amides is 3. The molecular formula is C18H17FN6O3S. The van der Waals surface area contributed by atoms with Crippen LogP contribution in [0.1, 0.15) is 31.2 Å². The number of primary amides is 1. The van der Waals surface area contributed by atoms with E-state index in [1.54, 1.807) is 17.6 Å². The van der Waals surface area contributed by atoms with Gasteiger partial charge in [0.1, 0.15) is 11.5 Å². The Bertz CT molecular complexity index is 1080. The summed E-state index contributed by atoms with van der Waals surface area (Å²) < 4.78 is 13.8. The maximum atomic E-state index is 13.8. The fourth-order valence-corrected chi connectivity index (χ4v) is 3.06. The summed E-state index contributed by atoms with van der Waals surface area (Å²) in [6, 6.07) is 4.90. The van der Waals surface area contributed by atoms with Gasteiger partial charge in [0.25, 0.3) is 11.8 Å². The first-order chi connectivity index (χ1) is 13.8. The standard InChI is InChI=1S/C18H17FN6O3S/c19-12-2-1-9(15(20)26)5-11(12)16(27)22-3-4-23-17(28)13-6-10(7-24-13)14-8-29-18(21)25-14/h1-2,5-8,24H,3-4H2,(H2,20,26)(H2,21,25)(H,22,27)(H,23,28). The molecule has 9 nitrogen and oxygen atoms in total. The third kappa shape index (κ3) is 4.76. The van der Waals surface area contributed by atoms with E-state index >= 15 is 0 Å². The number of anilines is 1. The fourth-order valence-electron chi connectivity index (χ4n) is 2.49. The lowest BCUT2D eigenvalue weighted by Crippen LogP contribution is -2.35. The van der Waals surface area contributed by atoms with Gasteiger partial charge >= 0.3 is 0 Å². The monoisotopic (exact) mass is 416 g/mol. The first kappa shape index (κ1) is 20.0. The summed E-state index contributed by atoms with van der Waals surface area (Å²) in [7, 11) is 0. The van der Waals surface area contributed by atoms with E-state index in [9.17, 15) is 18.8 Å². The van der Waals surface area contributed by atoms with Crippen LogP contribution in [-0.4, -0.2) is 40.8 Å². The van der Waals surface area contributed by atoms with Crippen molar-refractivity contribution in [2.75, 3.05) is 18.8 Å². The summed E-state index contributed by atoms with van der Waals surface area (Å²) in [5, 5.41) is 7.30. The maximum Gasteiger partial charge on any atom is 0.267 e. The van der Waals surface area contributed by atoms with Gasteiger partial charge in [-0.05, 0) is 24.3 Å². The zero-order valence-electron chi connectivity index (χ0n) is 15.0. The molecule has 0 fully saturated rings. The van der Waals surface area contributed by atoms with Crippen molar-refractivity contribution in [1.29, 1.82) is 0 Å². The molecule has 2 aromatic heterocycles. The average Bonchev–Trinajstić information content (AvgIpc) is 3.34. The molecule has 150 valence electrons. The lowest BCUT2D eigenvalue weighted by molar-refractivity contribution is 0.0923. The topological polar surface area (TPSA) is 156 Å². The van der Waals surface area contributed by atoms with Crippen molar-refractivity contribution >= 4 is 34.2 Å². The highest BCUT2D eigenvalue weighted by atomic mass is 32.1. The van der Waals surface area contributed by atoms with E-state index in [0.29, 0.717) is 16.5 Å². The quantitative estimate of drug-likeness (QED) is 0.365. The minimum atomic E-state index is -0.780. The van der Waals surface area contributed by atoms with Crippen LogP contribution in [0.2, 0.25) is 0 Å². The van der Waals surface area contributed by atoms with Crippen molar-refractivity contribution in [1.82, 2.24) is 20.6 Å². The first-order valence-electron chi connectivity index (χ1n) is 8.40. The van der Waals surface area contributed by atoms with Crippen LogP contribution in [0.3, 0.4) is 0 Å². The number of aromatic amines is 1. The van der Waals surface area contributed by atoms with Crippen LogP contribution in [0.5, 0.6) is 0 Å². The molecule has 0 saturated carbocycles. The van der Waals surface area contributed by atoms with Gasteiger partial charge in [-0.25, -0.2) is 9.37 Å². The summed E-state index contributed by atoms with van der Waals surface area (Å²) >= 11 is 1.30. The lowest BCUT2D eigenvalue weighted by atomic mass is 10.1. The van der Waals surface area contributed by atoms with Gasteiger partial charge in [0, 0.05) is 35.8 Å². The van der Waals surface area contributed by atoms with E-state index in [-0.39, 0.29) is 30.1 Å². The Labute approximate surface area is 168 Å². The Morgan fingerprint density at radius 1 is 1.14 bits per heavy atom. The zero-order valence-corrected chi connectivity index (χ0v) is 15.8. The van der Waals surface area contributed by atoms with Gasteiger partial charge in [0.05, 0.1) is 11.3 Å². The van der Waals surface area contributed by atoms with Gasteiger partial charge in [-0.3, -0.25) is 14.4 Å². The Kier molecular flexibility index (Phi) is 5.88. The van der Waals surface area contributed by atoms with Crippen molar-refractivity contribution in [3.63, 3.8) is 0 Å². The molecule has 0 atom stereocenters. The number of nitrogens with one attached hydrogen (secondary N) is 3. The molecule has 0 radical (unpaired) electrons. The molecule has 3 aromatic rings. The number of rotatable bonds is 7. The molecule has 7 N–H and O–H groups in total. The number of aromatic nitrogens is 2. The minimum absolute atomic E-state index is 0.0225. The molecule has 0 saturated heterocycles. The van der Waals surface area contributed by atoms with Crippen molar-refractivity contribution in [3.8, 4) is 11.3 Å². The third-order valence-electron chi connectivity index (χ3n) is 3.94. The molecule has 3 amide bonds. The number of halogens is 1. The molecule has 0 unspecified atom stereocenters. The number of hydrogen-bond acceptors (Lipinski definition) is 6. The molecule has 0 spiro atoms. The van der Waals surface area contributed by atoms with Gasteiger partial charge < -0.3 is 27.1 Å². The highest BCUT2D eigenvalue weighted by Crippen LogP contribution is 2.23. The summed E-state index contributed by atoms with van der Waals surface area (Å²) in [4.78, 5) is 42.4. The van der Waals surface area contributed by atoms with Crippen molar-refractivity contribution in [2.45, 2.75) is 0 Å². The molecule has 1 aromatic carbocycles. The van der Waals surface area contributed by atoms with E-state index in [2.05, 4.69) is 20.6 Å². The van der Waals surface area contributed by atoms with E-state index in [1.165, 1.54) is 17.4 Å². The first-order valence-corrected chi connectivity index (χ1v) is 9.28. The van der Waals surface area contributed by atoms with Crippen LogP contribution in [0.25, 0.3) is 11.3 Å². The second-order valence-electron chi connectivity index (χ2n) is 5.94. The minimum Gasteiger partial charge on any atom is -0.375 e. The van der Waals surface area contributed by atoms with E-state index < -0.39 is 17.6 Å². The molecule has 2 heterocycles. The summed E-state index contributed by atoms with van der Waals surface area (Å²) in [6.07, 6.45) is 1.64. The van der Waals surface area contributed by atoms with Crippen LogP contribution in [0.15, 0.2) is 35.8 Å². The molecular weight excluding hydrogens is 399 g/mol. The number of nitrogens with zero attached hydrogens (tertiary/aromatic N) is 1. The lowest BCUT2D eigenvalue weighted by Gasteiger charge is -2.08. The predicted molar refractivity (Wildman–Crippen MR) is 106 cm³/mol. The number of carbonyl (C=O) groups is 3. The second-order valence-corrected chi connectivity index (χ2v) is 6.83.